The Hall–Kier alpha value is -2.09. The van der Waals surface area contributed by atoms with Crippen LogP contribution in [0, 0.1) is 18.8 Å². The zero-order valence-electron chi connectivity index (χ0n) is 21.5. The maximum atomic E-state index is 13.2. The number of carbonyl (C=O) groups is 1. The molecule has 0 aliphatic carbocycles. The lowest BCUT2D eigenvalue weighted by atomic mass is 9.73. The largest absolute Gasteiger partial charge is 0.461 e. The molecule has 0 saturated carbocycles. The van der Waals surface area contributed by atoms with Gasteiger partial charge in [0.25, 0.3) is 0 Å². The minimum absolute atomic E-state index is 0.0487. The number of piperidine rings is 1. The summed E-state index contributed by atoms with van der Waals surface area (Å²) in [5.41, 5.74) is 0.501. The average molecular weight is 474 g/mol. The van der Waals surface area contributed by atoms with Crippen molar-refractivity contribution in [1.29, 1.82) is 0 Å². The summed E-state index contributed by atoms with van der Waals surface area (Å²) >= 11 is 0. The van der Waals surface area contributed by atoms with Crippen molar-refractivity contribution in [3.8, 4) is 0 Å². The van der Waals surface area contributed by atoms with Crippen LogP contribution in [0.25, 0.3) is 11.0 Å². The van der Waals surface area contributed by atoms with Gasteiger partial charge in [0.15, 0.2) is 0 Å². The average Bonchev–Trinajstić information content (AvgIpc) is 3.21. The number of nitrogens with zero attached hydrogens (tertiary/aromatic N) is 1. The van der Waals surface area contributed by atoms with Crippen LogP contribution in [0.1, 0.15) is 57.3 Å². The van der Waals surface area contributed by atoms with Gasteiger partial charge in [-0.2, -0.15) is 0 Å². The molecule has 3 N–H and O–H groups in total. The third kappa shape index (κ3) is 6.12. The summed E-state index contributed by atoms with van der Waals surface area (Å²) in [6, 6.07) is 8.03. The van der Waals surface area contributed by atoms with Crippen molar-refractivity contribution in [1.82, 2.24) is 15.5 Å². The molecule has 1 fully saturated rings. The van der Waals surface area contributed by atoms with Gasteiger partial charge in [-0.15, -0.1) is 0 Å². The van der Waals surface area contributed by atoms with Gasteiger partial charge in [0, 0.05) is 56.3 Å². The van der Waals surface area contributed by atoms with Crippen LogP contribution in [0.15, 0.2) is 28.7 Å². The van der Waals surface area contributed by atoms with E-state index < -0.39 is 5.60 Å². The van der Waals surface area contributed by atoms with Crippen LogP contribution in [0.2, 0.25) is 0 Å². The number of nitrogens with one attached hydrogen (secondary N) is 2. The number of aryl methyl sites for hydroxylation is 1. The number of aliphatic hydroxyl groups is 1. The van der Waals surface area contributed by atoms with Crippen LogP contribution in [0.5, 0.6) is 0 Å². The Morgan fingerprint density at radius 2 is 2.15 bits per heavy atom. The summed E-state index contributed by atoms with van der Waals surface area (Å²) in [7, 11) is 3.60. The molecule has 2 heterocycles. The Morgan fingerprint density at radius 1 is 1.35 bits per heavy atom. The van der Waals surface area contributed by atoms with Gasteiger partial charge >= 0.3 is 6.03 Å². The van der Waals surface area contributed by atoms with E-state index in [1.807, 2.05) is 43.1 Å². The molecule has 1 saturated heterocycles. The summed E-state index contributed by atoms with van der Waals surface area (Å²) in [6.45, 7) is 8.79. The smallest absolute Gasteiger partial charge is 0.317 e. The van der Waals surface area contributed by atoms with Crippen LogP contribution in [-0.4, -0.2) is 62.5 Å². The lowest BCUT2D eigenvalue weighted by Gasteiger charge is -2.43. The molecule has 34 heavy (non-hydrogen) atoms. The monoisotopic (exact) mass is 473 g/mol. The maximum Gasteiger partial charge on any atom is 0.317 e. The van der Waals surface area contributed by atoms with E-state index in [1.54, 1.807) is 7.11 Å². The molecule has 190 valence electrons. The zero-order chi connectivity index (χ0) is 24.7. The highest BCUT2D eigenvalue weighted by Gasteiger charge is 2.43. The molecule has 0 spiro atoms. The molecule has 0 radical (unpaired) electrons. The van der Waals surface area contributed by atoms with Gasteiger partial charge < -0.3 is 29.8 Å². The van der Waals surface area contributed by atoms with E-state index >= 15 is 0 Å². The van der Waals surface area contributed by atoms with Gasteiger partial charge in [0.05, 0.1) is 5.60 Å². The number of benzene rings is 1. The number of ether oxygens (including phenoxy) is 1. The first-order valence-corrected chi connectivity index (χ1v) is 12.7. The lowest BCUT2D eigenvalue weighted by molar-refractivity contribution is -0.0558. The summed E-state index contributed by atoms with van der Waals surface area (Å²) in [5, 5.41) is 19.7. The third-order valence-corrected chi connectivity index (χ3v) is 7.21. The number of furan rings is 1. The standard InChI is InChI=1S/C27H43N3O4/c1-19(2)24(17-28-4)29-26(31)30-14-9-11-22(18-30)27(32,13-6-7-15-33-5)23-12-8-10-21-16-20(3)34-25(21)23/h8,10,12,16,19,22,24,28,32H,6-7,9,11,13-15,17-18H2,1-5H3,(H,29,31)/t22-,24-,27+/m1/s1. The van der Waals surface area contributed by atoms with E-state index in [9.17, 15) is 9.90 Å². The van der Waals surface area contributed by atoms with Crippen LogP contribution in [0.3, 0.4) is 0 Å². The highest BCUT2D eigenvalue weighted by Crippen LogP contribution is 2.43. The fourth-order valence-corrected chi connectivity index (χ4v) is 5.21. The van der Waals surface area contributed by atoms with Gasteiger partial charge in [-0.05, 0) is 58.1 Å². The van der Waals surface area contributed by atoms with Gasteiger partial charge in [-0.1, -0.05) is 32.0 Å². The number of methoxy groups -OCH3 is 1. The number of amides is 2. The van der Waals surface area contributed by atoms with Crippen molar-refractivity contribution in [2.75, 3.05) is 40.4 Å². The fourth-order valence-electron chi connectivity index (χ4n) is 5.21. The molecule has 1 aromatic carbocycles. The van der Waals surface area contributed by atoms with E-state index in [0.717, 1.165) is 54.5 Å². The van der Waals surface area contributed by atoms with Crippen molar-refractivity contribution in [3.05, 3.63) is 35.6 Å². The first-order valence-electron chi connectivity index (χ1n) is 12.7. The van der Waals surface area contributed by atoms with E-state index in [2.05, 4.69) is 24.5 Å². The third-order valence-electron chi connectivity index (χ3n) is 7.21. The summed E-state index contributed by atoms with van der Waals surface area (Å²) in [4.78, 5) is 15.1. The van der Waals surface area contributed by atoms with Gasteiger partial charge in [-0.3, -0.25) is 0 Å². The van der Waals surface area contributed by atoms with E-state index in [1.165, 1.54) is 0 Å². The number of rotatable bonds is 11. The summed E-state index contributed by atoms with van der Waals surface area (Å²) < 4.78 is 11.3. The molecule has 2 aromatic rings. The quantitative estimate of drug-likeness (QED) is 0.421. The number of unbranched alkanes of at least 4 members (excludes halogenated alkanes) is 1. The number of para-hydroxylation sites is 1. The molecule has 7 heteroatoms. The normalized spacial score (nSPS) is 19.4. The lowest BCUT2D eigenvalue weighted by Crippen LogP contribution is -2.54. The van der Waals surface area contributed by atoms with Gasteiger partial charge in [0.2, 0.25) is 0 Å². The number of carbonyl (C=O) groups excluding carboxylic acids is 1. The van der Waals surface area contributed by atoms with Crippen molar-refractivity contribution >= 4 is 17.0 Å². The topological polar surface area (TPSA) is 87.0 Å². The number of hydrogen-bond donors (Lipinski definition) is 3. The Kier molecular flexibility index (Phi) is 9.39. The number of likely N-dealkylation sites (tertiary alicyclic amines) is 1. The molecule has 3 atom stereocenters. The molecule has 2 amide bonds. The Labute approximate surface area is 204 Å². The predicted octanol–water partition coefficient (Wildman–Crippen LogP) is 4.41. The highest BCUT2D eigenvalue weighted by molar-refractivity contribution is 5.82. The van der Waals surface area contributed by atoms with Crippen molar-refractivity contribution in [3.63, 3.8) is 0 Å². The van der Waals surface area contributed by atoms with E-state index in [0.29, 0.717) is 32.0 Å². The molecular weight excluding hydrogens is 430 g/mol. The first-order chi connectivity index (χ1) is 16.3. The molecule has 0 unspecified atom stereocenters. The molecule has 1 aliphatic rings. The Balaban J connectivity index is 1.86. The number of fused-ring (bicyclic) bond motifs is 1. The van der Waals surface area contributed by atoms with Crippen LogP contribution >= 0.6 is 0 Å². The van der Waals surface area contributed by atoms with E-state index in [4.69, 9.17) is 9.15 Å². The maximum absolute atomic E-state index is 13.2. The second-order valence-electron chi connectivity index (χ2n) is 10.1. The molecule has 3 rings (SSSR count). The predicted molar refractivity (Wildman–Crippen MR) is 136 cm³/mol. The first kappa shape index (κ1) is 26.5. The number of hydrogen-bond acceptors (Lipinski definition) is 5. The van der Waals surface area contributed by atoms with Crippen LogP contribution in [0.4, 0.5) is 4.79 Å². The van der Waals surface area contributed by atoms with Crippen molar-refractivity contribution in [2.45, 2.75) is 64.5 Å². The minimum atomic E-state index is -1.08. The summed E-state index contributed by atoms with van der Waals surface area (Å²) in [5.74, 6) is 1.08. The molecule has 0 bridgehead atoms. The summed E-state index contributed by atoms with van der Waals surface area (Å²) in [6.07, 6.45) is 4.04. The SMILES string of the molecule is CNC[C@@H](NC(=O)N1CCC[C@@H]([C@@](O)(CCCCOC)c2cccc3cc(C)oc23)C1)C(C)C. The van der Waals surface area contributed by atoms with Crippen molar-refractivity contribution < 1.29 is 19.1 Å². The molecule has 7 nitrogen and oxygen atoms in total. The molecular formula is C27H43N3O4. The number of urea groups is 1. The number of likely N-dealkylation sites (N-methyl/N-ethyl adjacent to an activating group) is 1. The Morgan fingerprint density at radius 3 is 2.85 bits per heavy atom. The minimum Gasteiger partial charge on any atom is -0.461 e. The van der Waals surface area contributed by atoms with Gasteiger partial charge in [0.1, 0.15) is 11.3 Å². The van der Waals surface area contributed by atoms with Gasteiger partial charge in [-0.25, -0.2) is 4.79 Å². The van der Waals surface area contributed by atoms with Crippen LogP contribution in [-0.2, 0) is 10.3 Å². The molecule has 1 aliphatic heterocycles. The van der Waals surface area contributed by atoms with Crippen LogP contribution < -0.4 is 10.6 Å². The fraction of sp³-hybridized carbons (Fsp3) is 0.667. The Bertz CT molecular complexity index is 928. The zero-order valence-corrected chi connectivity index (χ0v) is 21.5. The highest BCUT2D eigenvalue weighted by atomic mass is 16.5. The van der Waals surface area contributed by atoms with Crippen molar-refractivity contribution in [2.24, 2.45) is 11.8 Å². The second kappa shape index (κ2) is 12.0. The van der Waals surface area contributed by atoms with E-state index in [-0.39, 0.29) is 18.0 Å². The molecule has 1 aromatic heterocycles. The second-order valence-corrected chi connectivity index (χ2v) is 10.1.